The van der Waals surface area contributed by atoms with Crippen molar-refractivity contribution in [3.63, 3.8) is 0 Å². The summed E-state index contributed by atoms with van der Waals surface area (Å²) in [5, 5.41) is 10.6. The molecule has 1 fully saturated rings. The smallest absolute Gasteiger partial charge is 0.119 e. The van der Waals surface area contributed by atoms with Gasteiger partial charge in [-0.1, -0.05) is 47.1 Å². The van der Waals surface area contributed by atoms with Crippen molar-refractivity contribution >= 4 is 15.9 Å². The second-order valence-corrected chi connectivity index (χ2v) is 8.33. The summed E-state index contributed by atoms with van der Waals surface area (Å²) in [4.78, 5) is 2.28. The summed E-state index contributed by atoms with van der Waals surface area (Å²) < 4.78 is 12.6. The minimum absolute atomic E-state index is 0.259. The molecule has 2 aromatic rings. The lowest BCUT2D eigenvalue weighted by Gasteiger charge is -2.27. The first kappa shape index (κ1) is 21.3. The van der Waals surface area contributed by atoms with Crippen LogP contribution in [0.25, 0.3) is 0 Å². The number of hydrogen-bond donors (Lipinski definition) is 1. The van der Waals surface area contributed by atoms with Crippen LogP contribution in [-0.4, -0.2) is 48.5 Å². The van der Waals surface area contributed by atoms with E-state index in [1.165, 1.54) is 11.1 Å². The van der Waals surface area contributed by atoms with Gasteiger partial charge in [0.2, 0.25) is 0 Å². The number of rotatable bonds is 10. The molecule has 5 heteroatoms. The lowest BCUT2D eigenvalue weighted by Crippen LogP contribution is -2.39. The highest BCUT2D eigenvalue weighted by molar-refractivity contribution is 9.10. The van der Waals surface area contributed by atoms with E-state index < -0.39 is 6.10 Å². The topological polar surface area (TPSA) is 41.9 Å². The van der Waals surface area contributed by atoms with Gasteiger partial charge in [0.25, 0.3) is 0 Å². The third-order valence-electron chi connectivity index (χ3n) is 5.05. The van der Waals surface area contributed by atoms with Crippen LogP contribution < -0.4 is 4.74 Å². The summed E-state index contributed by atoms with van der Waals surface area (Å²) >= 11 is 3.42. The van der Waals surface area contributed by atoms with E-state index in [-0.39, 0.29) is 12.7 Å². The maximum Gasteiger partial charge on any atom is 0.119 e. The van der Waals surface area contributed by atoms with Gasteiger partial charge in [-0.2, -0.15) is 0 Å². The average Bonchev–Trinajstić information content (AvgIpc) is 3.21. The zero-order valence-electron chi connectivity index (χ0n) is 16.5. The van der Waals surface area contributed by atoms with Crippen molar-refractivity contribution in [2.75, 3.05) is 26.3 Å². The van der Waals surface area contributed by atoms with E-state index in [0.717, 1.165) is 49.2 Å². The zero-order chi connectivity index (χ0) is 19.8. The van der Waals surface area contributed by atoms with Crippen molar-refractivity contribution in [1.29, 1.82) is 0 Å². The second-order valence-electron chi connectivity index (χ2n) is 7.42. The fraction of sp³-hybridized carbons (Fsp3) is 0.478. The zero-order valence-corrected chi connectivity index (χ0v) is 18.1. The Morgan fingerprint density at radius 2 is 1.86 bits per heavy atom. The summed E-state index contributed by atoms with van der Waals surface area (Å²) in [5.41, 5.74) is 2.61. The fourth-order valence-electron chi connectivity index (χ4n) is 3.49. The van der Waals surface area contributed by atoms with E-state index in [1.54, 1.807) is 0 Å². The Balaban J connectivity index is 1.55. The second kappa shape index (κ2) is 11.0. The molecule has 4 nitrogen and oxygen atoms in total. The molecule has 152 valence electrons. The van der Waals surface area contributed by atoms with E-state index in [1.807, 2.05) is 24.3 Å². The molecule has 1 heterocycles. The predicted molar refractivity (Wildman–Crippen MR) is 116 cm³/mol. The maximum absolute atomic E-state index is 10.6. The Hall–Kier alpha value is -1.40. The molecule has 0 amide bonds. The molecule has 0 radical (unpaired) electrons. The molecular formula is C23H30BrNO3. The largest absolute Gasteiger partial charge is 0.491 e. The van der Waals surface area contributed by atoms with E-state index in [4.69, 9.17) is 9.47 Å². The SMILES string of the molecule is CCc1ccc(CN(CC(O)COc2ccc(Br)cc2)CC2CCCO2)cc1. The number of aliphatic hydroxyl groups is 1. The maximum atomic E-state index is 10.6. The number of nitrogens with zero attached hydrogens (tertiary/aromatic N) is 1. The van der Waals surface area contributed by atoms with Gasteiger partial charge in [0.05, 0.1) is 6.10 Å². The molecule has 28 heavy (non-hydrogen) atoms. The number of halogens is 1. The molecule has 1 aliphatic rings. The Morgan fingerprint density at radius 3 is 2.50 bits per heavy atom. The standard InChI is InChI=1S/C23H30BrNO3/c1-2-18-5-7-19(8-6-18)14-25(16-23-4-3-13-27-23)15-21(26)17-28-22-11-9-20(24)10-12-22/h5-12,21,23,26H,2-4,13-17H2,1H3. The molecule has 0 spiro atoms. The number of benzene rings is 2. The lowest BCUT2D eigenvalue weighted by atomic mass is 10.1. The van der Waals surface area contributed by atoms with Gasteiger partial charge in [0, 0.05) is 30.7 Å². The summed E-state index contributed by atoms with van der Waals surface area (Å²) in [7, 11) is 0. The normalized spacial score (nSPS) is 17.8. The summed E-state index contributed by atoms with van der Waals surface area (Å²) in [6.45, 7) is 5.49. The van der Waals surface area contributed by atoms with Crippen LogP contribution in [0.2, 0.25) is 0 Å². The van der Waals surface area contributed by atoms with Gasteiger partial charge in [-0.05, 0) is 54.7 Å². The monoisotopic (exact) mass is 447 g/mol. The van der Waals surface area contributed by atoms with Gasteiger partial charge in [0.15, 0.2) is 0 Å². The molecule has 3 rings (SSSR count). The van der Waals surface area contributed by atoms with Gasteiger partial charge in [-0.3, -0.25) is 4.90 Å². The van der Waals surface area contributed by atoms with Gasteiger partial charge in [0.1, 0.15) is 18.5 Å². The molecular weight excluding hydrogens is 418 g/mol. The molecule has 0 bridgehead atoms. The highest BCUT2D eigenvalue weighted by Gasteiger charge is 2.21. The highest BCUT2D eigenvalue weighted by atomic mass is 79.9. The highest BCUT2D eigenvalue weighted by Crippen LogP contribution is 2.18. The first-order valence-corrected chi connectivity index (χ1v) is 10.9. The van der Waals surface area contributed by atoms with Crippen LogP contribution in [0.3, 0.4) is 0 Å². The van der Waals surface area contributed by atoms with Crippen molar-refractivity contribution in [2.24, 2.45) is 0 Å². The van der Waals surface area contributed by atoms with Gasteiger partial charge in [-0.15, -0.1) is 0 Å². The van der Waals surface area contributed by atoms with Crippen LogP contribution >= 0.6 is 15.9 Å². The molecule has 0 aromatic heterocycles. The van der Waals surface area contributed by atoms with Crippen LogP contribution in [0, 0.1) is 0 Å². The third kappa shape index (κ3) is 6.89. The van der Waals surface area contributed by atoms with Crippen molar-refractivity contribution in [2.45, 2.75) is 44.9 Å². The molecule has 1 N–H and O–H groups in total. The Bertz CT molecular complexity index is 699. The quantitative estimate of drug-likeness (QED) is 0.584. The Labute approximate surface area is 176 Å². The van der Waals surface area contributed by atoms with Crippen molar-refractivity contribution < 1.29 is 14.6 Å². The number of aryl methyl sites for hydroxylation is 1. The van der Waals surface area contributed by atoms with E-state index >= 15 is 0 Å². The minimum atomic E-state index is -0.556. The van der Waals surface area contributed by atoms with Crippen molar-refractivity contribution in [1.82, 2.24) is 4.90 Å². The molecule has 2 unspecified atom stereocenters. The van der Waals surface area contributed by atoms with Crippen LogP contribution in [0.5, 0.6) is 5.75 Å². The van der Waals surface area contributed by atoms with Gasteiger partial charge < -0.3 is 14.6 Å². The fourth-order valence-corrected chi connectivity index (χ4v) is 3.76. The van der Waals surface area contributed by atoms with Crippen molar-refractivity contribution in [3.05, 3.63) is 64.1 Å². The molecule has 1 saturated heterocycles. The van der Waals surface area contributed by atoms with E-state index in [2.05, 4.69) is 52.0 Å². The Kier molecular flexibility index (Phi) is 8.34. The number of hydrogen-bond acceptors (Lipinski definition) is 4. The average molecular weight is 448 g/mol. The minimum Gasteiger partial charge on any atom is -0.491 e. The summed E-state index contributed by atoms with van der Waals surface area (Å²) in [5.74, 6) is 0.767. The van der Waals surface area contributed by atoms with E-state index in [9.17, 15) is 5.11 Å². The predicted octanol–water partition coefficient (Wildman–Crippen LogP) is 4.43. The first-order chi connectivity index (χ1) is 13.6. The van der Waals surface area contributed by atoms with Crippen LogP contribution in [0.1, 0.15) is 30.9 Å². The van der Waals surface area contributed by atoms with Crippen LogP contribution in [-0.2, 0) is 17.7 Å². The molecule has 2 aromatic carbocycles. The molecule has 0 aliphatic carbocycles. The van der Waals surface area contributed by atoms with Gasteiger partial charge in [-0.25, -0.2) is 0 Å². The van der Waals surface area contributed by atoms with Crippen LogP contribution in [0.15, 0.2) is 53.0 Å². The van der Waals surface area contributed by atoms with Gasteiger partial charge >= 0.3 is 0 Å². The lowest BCUT2D eigenvalue weighted by molar-refractivity contribution is 0.0313. The molecule has 0 saturated carbocycles. The summed E-state index contributed by atoms with van der Waals surface area (Å²) in [6.07, 6.45) is 2.97. The first-order valence-electron chi connectivity index (χ1n) is 10.1. The van der Waals surface area contributed by atoms with Crippen molar-refractivity contribution in [3.8, 4) is 5.75 Å². The number of ether oxygens (including phenoxy) is 2. The third-order valence-corrected chi connectivity index (χ3v) is 5.58. The molecule has 2 atom stereocenters. The van der Waals surface area contributed by atoms with Crippen LogP contribution in [0.4, 0.5) is 0 Å². The van der Waals surface area contributed by atoms with E-state index in [0.29, 0.717) is 6.54 Å². The summed E-state index contributed by atoms with van der Waals surface area (Å²) in [6, 6.07) is 16.4. The Morgan fingerprint density at radius 1 is 1.14 bits per heavy atom. The molecule has 1 aliphatic heterocycles. The number of aliphatic hydroxyl groups excluding tert-OH is 1.